The van der Waals surface area contributed by atoms with Crippen LogP contribution in [0.5, 0.6) is 0 Å². The van der Waals surface area contributed by atoms with Gasteiger partial charge in [0, 0.05) is 6.04 Å². The Morgan fingerprint density at radius 2 is 2.00 bits per heavy atom. The van der Waals surface area contributed by atoms with E-state index in [2.05, 4.69) is 57.3 Å². The molecule has 0 bridgehead atoms. The van der Waals surface area contributed by atoms with Gasteiger partial charge in [-0.25, -0.2) is 0 Å². The van der Waals surface area contributed by atoms with E-state index in [0.717, 1.165) is 12.5 Å². The molecule has 0 heterocycles. The minimum absolute atomic E-state index is 0.459. The van der Waals surface area contributed by atoms with E-state index in [1.165, 1.54) is 36.8 Å². The first-order valence-corrected chi connectivity index (χ1v) is 7.47. The van der Waals surface area contributed by atoms with Gasteiger partial charge in [0.1, 0.15) is 0 Å². The smallest absolute Gasteiger partial charge is 0.0292 e. The fourth-order valence-corrected chi connectivity index (χ4v) is 2.34. The molecule has 1 aromatic carbocycles. The predicted octanol–water partition coefficient (Wildman–Crippen LogP) is 4.86. The molecule has 0 amide bonds. The molecule has 0 radical (unpaired) electrons. The molecule has 1 unspecified atom stereocenters. The summed E-state index contributed by atoms with van der Waals surface area (Å²) in [6.45, 7) is 10.1. The Morgan fingerprint density at radius 1 is 1.22 bits per heavy atom. The topological polar surface area (TPSA) is 12.0 Å². The van der Waals surface area contributed by atoms with E-state index in [-0.39, 0.29) is 0 Å². The maximum atomic E-state index is 3.69. The fourth-order valence-electron chi connectivity index (χ4n) is 2.34. The minimum atomic E-state index is 0.459. The van der Waals surface area contributed by atoms with Crippen LogP contribution in [0.1, 0.15) is 63.6 Å². The predicted molar refractivity (Wildman–Crippen MR) is 80.9 cm³/mol. The van der Waals surface area contributed by atoms with Crippen LogP contribution in [-0.4, -0.2) is 6.54 Å². The monoisotopic (exact) mass is 247 g/mol. The number of rotatable bonds is 8. The van der Waals surface area contributed by atoms with E-state index in [1.54, 1.807) is 0 Å². The molecule has 0 saturated heterocycles. The molecule has 1 nitrogen and oxygen atoms in total. The molecule has 1 heteroatoms. The zero-order valence-corrected chi connectivity index (χ0v) is 12.5. The van der Waals surface area contributed by atoms with Crippen molar-refractivity contribution in [2.24, 2.45) is 5.92 Å². The quantitative estimate of drug-likeness (QED) is 0.691. The Kier molecular flexibility index (Phi) is 7.04. The number of nitrogens with one attached hydrogen (secondary N) is 1. The molecule has 102 valence electrons. The van der Waals surface area contributed by atoms with Crippen LogP contribution < -0.4 is 5.32 Å². The molecular formula is C17H29N. The maximum Gasteiger partial charge on any atom is 0.0292 e. The summed E-state index contributed by atoms with van der Waals surface area (Å²) in [5.74, 6) is 0.831. The third-order valence-electron chi connectivity index (χ3n) is 3.80. The van der Waals surface area contributed by atoms with Gasteiger partial charge in [0.25, 0.3) is 0 Å². The Balaban J connectivity index is 2.42. The van der Waals surface area contributed by atoms with Crippen molar-refractivity contribution < 1.29 is 0 Å². The van der Waals surface area contributed by atoms with Crippen LogP contribution in [0.4, 0.5) is 0 Å². The Hall–Kier alpha value is -0.820. The molecular weight excluding hydrogens is 218 g/mol. The summed E-state index contributed by atoms with van der Waals surface area (Å²) in [6, 6.07) is 9.27. The Morgan fingerprint density at radius 3 is 2.61 bits per heavy atom. The van der Waals surface area contributed by atoms with Crippen LogP contribution in [0.3, 0.4) is 0 Å². The van der Waals surface area contributed by atoms with Gasteiger partial charge in [-0.05, 0) is 38.3 Å². The molecule has 1 aromatic rings. The largest absolute Gasteiger partial charge is 0.310 e. The van der Waals surface area contributed by atoms with Crippen molar-refractivity contribution in [2.45, 2.75) is 59.4 Å². The molecule has 0 aliphatic heterocycles. The average molecular weight is 247 g/mol. The highest BCUT2D eigenvalue weighted by molar-refractivity contribution is 5.24. The molecule has 0 aliphatic rings. The van der Waals surface area contributed by atoms with Crippen molar-refractivity contribution in [1.29, 1.82) is 0 Å². The van der Waals surface area contributed by atoms with Gasteiger partial charge in [0.15, 0.2) is 0 Å². The van der Waals surface area contributed by atoms with Crippen molar-refractivity contribution in [3.8, 4) is 0 Å². The second-order valence-corrected chi connectivity index (χ2v) is 5.46. The number of benzene rings is 1. The van der Waals surface area contributed by atoms with Crippen molar-refractivity contribution in [1.82, 2.24) is 5.32 Å². The minimum Gasteiger partial charge on any atom is -0.310 e. The van der Waals surface area contributed by atoms with Crippen LogP contribution in [0.25, 0.3) is 0 Å². The number of hydrogen-bond acceptors (Lipinski definition) is 1. The molecule has 0 aliphatic carbocycles. The highest BCUT2D eigenvalue weighted by Gasteiger charge is 2.09. The first-order valence-electron chi connectivity index (χ1n) is 7.47. The summed E-state index contributed by atoms with van der Waals surface area (Å²) in [5, 5.41) is 3.69. The molecule has 0 fully saturated rings. The van der Waals surface area contributed by atoms with E-state index in [9.17, 15) is 0 Å². The van der Waals surface area contributed by atoms with Crippen LogP contribution in [0, 0.1) is 12.8 Å². The van der Waals surface area contributed by atoms with E-state index in [1.807, 2.05) is 0 Å². The van der Waals surface area contributed by atoms with Crippen molar-refractivity contribution in [2.75, 3.05) is 6.54 Å². The first kappa shape index (κ1) is 15.2. The zero-order chi connectivity index (χ0) is 13.4. The maximum absolute atomic E-state index is 3.69. The second-order valence-electron chi connectivity index (χ2n) is 5.46. The summed E-state index contributed by atoms with van der Waals surface area (Å²) >= 11 is 0. The molecule has 1 rings (SSSR count). The molecule has 2 atom stereocenters. The van der Waals surface area contributed by atoms with E-state index < -0.39 is 0 Å². The number of unbranched alkanes of at least 4 members (excludes halogenated alkanes) is 1. The normalized spacial score (nSPS) is 14.4. The molecule has 0 spiro atoms. The van der Waals surface area contributed by atoms with Crippen molar-refractivity contribution >= 4 is 0 Å². The first-order chi connectivity index (χ1) is 8.67. The van der Waals surface area contributed by atoms with Crippen LogP contribution in [-0.2, 0) is 0 Å². The third kappa shape index (κ3) is 5.22. The Labute approximate surface area is 113 Å². The average Bonchev–Trinajstić information content (AvgIpc) is 2.38. The highest BCUT2D eigenvalue weighted by atomic mass is 14.9. The van der Waals surface area contributed by atoms with Crippen LogP contribution in [0.15, 0.2) is 24.3 Å². The summed E-state index contributed by atoms with van der Waals surface area (Å²) in [6.07, 6.45) is 5.32. The lowest BCUT2D eigenvalue weighted by atomic mass is 9.98. The second kappa shape index (κ2) is 8.31. The number of aryl methyl sites for hydroxylation is 1. The van der Waals surface area contributed by atoms with Gasteiger partial charge in [-0.15, -0.1) is 0 Å². The van der Waals surface area contributed by atoms with Gasteiger partial charge in [0.05, 0.1) is 0 Å². The van der Waals surface area contributed by atoms with Gasteiger partial charge in [-0.1, -0.05) is 62.9 Å². The van der Waals surface area contributed by atoms with E-state index in [4.69, 9.17) is 0 Å². The summed E-state index contributed by atoms with van der Waals surface area (Å²) in [5.41, 5.74) is 2.75. The Bertz CT molecular complexity index is 332. The van der Waals surface area contributed by atoms with Gasteiger partial charge in [-0.2, -0.15) is 0 Å². The van der Waals surface area contributed by atoms with Gasteiger partial charge >= 0.3 is 0 Å². The standard InChI is InChI=1S/C17H29N/c1-5-7-10-16(6-2)13-18-15(4)17-11-8-9-14(3)12-17/h8-9,11-12,15-16,18H,5-7,10,13H2,1-4H3/t15-,16?/m1/s1. The summed E-state index contributed by atoms with van der Waals surface area (Å²) < 4.78 is 0. The summed E-state index contributed by atoms with van der Waals surface area (Å²) in [7, 11) is 0. The zero-order valence-electron chi connectivity index (χ0n) is 12.5. The third-order valence-corrected chi connectivity index (χ3v) is 3.80. The van der Waals surface area contributed by atoms with Gasteiger partial charge < -0.3 is 5.32 Å². The molecule has 1 N–H and O–H groups in total. The van der Waals surface area contributed by atoms with Gasteiger partial charge in [-0.3, -0.25) is 0 Å². The lowest BCUT2D eigenvalue weighted by Gasteiger charge is -2.20. The lowest BCUT2D eigenvalue weighted by Crippen LogP contribution is -2.25. The molecule has 0 saturated carbocycles. The van der Waals surface area contributed by atoms with Crippen molar-refractivity contribution in [3.05, 3.63) is 35.4 Å². The van der Waals surface area contributed by atoms with Crippen LogP contribution in [0.2, 0.25) is 0 Å². The molecule has 18 heavy (non-hydrogen) atoms. The van der Waals surface area contributed by atoms with E-state index in [0.29, 0.717) is 6.04 Å². The SMILES string of the molecule is CCCCC(CC)CN[C@H](C)c1cccc(C)c1. The van der Waals surface area contributed by atoms with Crippen LogP contribution >= 0.6 is 0 Å². The van der Waals surface area contributed by atoms with Crippen molar-refractivity contribution in [3.63, 3.8) is 0 Å². The fraction of sp³-hybridized carbons (Fsp3) is 0.647. The number of hydrogen-bond donors (Lipinski definition) is 1. The lowest BCUT2D eigenvalue weighted by molar-refractivity contribution is 0.398. The highest BCUT2D eigenvalue weighted by Crippen LogP contribution is 2.16. The molecule has 0 aromatic heterocycles. The van der Waals surface area contributed by atoms with Gasteiger partial charge in [0.2, 0.25) is 0 Å². The summed E-state index contributed by atoms with van der Waals surface area (Å²) in [4.78, 5) is 0. The van der Waals surface area contributed by atoms with E-state index >= 15 is 0 Å².